The monoisotopic (exact) mass is 218 g/mol. The van der Waals surface area contributed by atoms with Crippen LogP contribution in [-0.4, -0.2) is 43.7 Å². The van der Waals surface area contributed by atoms with Crippen molar-refractivity contribution in [3.63, 3.8) is 0 Å². The van der Waals surface area contributed by atoms with E-state index in [-0.39, 0.29) is 0 Å². The number of fused-ring (bicyclic) bond motifs is 1. The molecule has 1 saturated heterocycles. The maximum Gasteiger partial charge on any atom is 0.281 e. The van der Waals surface area contributed by atoms with Gasteiger partial charge in [-0.25, -0.2) is 0 Å². The molecule has 0 aromatic carbocycles. The van der Waals surface area contributed by atoms with Crippen molar-refractivity contribution < 1.29 is 8.42 Å². The van der Waals surface area contributed by atoms with Crippen LogP contribution in [0.15, 0.2) is 0 Å². The third-order valence-corrected chi connectivity index (χ3v) is 5.44. The standard InChI is InChI=1S/C9H18N2O2S/c1-10(2)14(12,13)11-7-6-8-4-3-5-9(8)11/h8-9H,3-7H2,1-2H3. The van der Waals surface area contributed by atoms with Crippen LogP contribution in [0, 0.1) is 5.92 Å². The second-order valence-electron chi connectivity index (χ2n) is 4.45. The van der Waals surface area contributed by atoms with Crippen molar-refractivity contribution in [3.8, 4) is 0 Å². The molecule has 1 heterocycles. The van der Waals surface area contributed by atoms with E-state index in [1.165, 1.54) is 17.1 Å². The summed E-state index contributed by atoms with van der Waals surface area (Å²) in [6.07, 6.45) is 4.51. The zero-order valence-electron chi connectivity index (χ0n) is 8.81. The number of rotatable bonds is 2. The summed E-state index contributed by atoms with van der Waals surface area (Å²) < 4.78 is 26.9. The Labute approximate surface area is 86.1 Å². The lowest BCUT2D eigenvalue weighted by Crippen LogP contribution is -2.43. The van der Waals surface area contributed by atoms with E-state index in [4.69, 9.17) is 0 Å². The lowest BCUT2D eigenvalue weighted by Gasteiger charge is -2.26. The molecular formula is C9H18N2O2S. The molecule has 0 aromatic rings. The van der Waals surface area contributed by atoms with E-state index >= 15 is 0 Å². The molecule has 1 saturated carbocycles. The van der Waals surface area contributed by atoms with Gasteiger partial charge in [0.25, 0.3) is 10.2 Å². The number of nitrogens with zero attached hydrogens (tertiary/aromatic N) is 2. The summed E-state index contributed by atoms with van der Waals surface area (Å²) >= 11 is 0. The average Bonchev–Trinajstić information content (AvgIpc) is 2.61. The van der Waals surface area contributed by atoms with Crippen LogP contribution in [0.4, 0.5) is 0 Å². The highest BCUT2D eigenvalue weighted by atomic mass is 32.2. The second-order valence-corrected chi connectivity index (χ2v) is 6.54. The first kappa shape index (κ1) is 10.4. The zero-order chi connectivity index (χ0) is 10.3. The Kier molecular flexibility index (Phi) is 2.57. The predicted octanol–water partition coefficient (Wildman–Crippen LogP) is 0.667. The minimum absolute atomic E-state index is 0.294. The van der Waals surface area contributed by atoms with Crippen LogP contribution in [-0.2, 0) is 10.2 Å². The molecule has 5 heteroatoms. The molecule has 2 aliphatic rings. The van der Waals surface area contributed by atoms with Gasteiger partial charge >= 0.3 is 0 Å². The van der Waals surface area contributed by atoms with Crippen LogP contribution in [0.5, 0.6) is 0 Å². The molecule has 82 valence electrons. The van der Waals surface area contributed by atoms with Crippen LogP contribution < -0.4 is 0 Å². The fourth-order valence-corrected chi connectivity index (χ4v) is 4.06. The molecule has 1 aliphatic heterocycles. The lowest BCUT2D eigenvalue weighted by atomic mass is 10.1. The van der Waals surface area contributed by atoms with E-state index < -0.39 is 10.2 Å². The van der Waals surface area contributed by atoms with Gasteiger partial charge < -0.3 is 0 Å². The second kappa shape index (κ2) is 3.47. The van der Waals surface area contributed by atoms with Gasteiger partial charge in [-0.2, -0.15) is 17.0 Å². The van der Waals surface area contributed by atoms with Crippen LogP contribution in [0.2, 0.25) is 0 Å². The van der Waals surface area contributed by atoms with E-state index in [9.17, 15) is 8.42 Å². The highest BCUT2D eigenvalue weighted by molar-refractivity contribution is 7.86. The molecular weight excluding hydrogens is 200 g/mol. The zero-order valence-corrected chi connectivity index (χ0v) is 9.63. The molecule has 0 N–H and O–H groups in total. The Balaban J connectivity index is 2.20. The van der Waals surface area contributed by atoms with Crippen molar-refractivity contribution in [1.29, 1.82) is 0 Å². The van der Waals surface area contributed by atoms with Crippen molar-refractivity contribution in [2.24, 2.45) is 5.92 Å². The summed E-state index contributed by atoms with van der Waals surface area (Å²) in [5.41, 5.74) is 0. The van der Waals surface area contributed by atoms with Gasteiger partial charge in [0.05, 0.1) is 0 Å². The van der Waals surface area contributed by atoms with Gasteiger partial charge in [0.2, 0.25) is 0 Å². The Morgan fingerprint density at radius 1 is 1.21 bits per heavy atom. The first-order chi connectivity index (χ1) is 6.53. The Bertz CT molecular complexity index is 313. The summed E-state index contributed by atoms with van der Waals surface area (Å²) in [7, 11) is 0.0533. The van der Waals surface area contributed by atoms with Crippen molar-refractivity contribution in [1.82, 2.24) is 8.61 Å². The molecule has 0 bridgehead atoms. The molecule has 2 rings (SSSR count). The van der Waals surface area contributed by atoms with Crippen molar-refractivity contribution in [2.75, 3.05) is 20.6 Å². The summed E-state index contributed by atoms with van der Waals surface area (Å²) in [6, 6.07) is 0.294. The summed E-state index contributed by atoms with van der Waals surface area (Å²) in [4.78, 5) is 0. The van der Waals surface area contributed by atoms with Crippen LogP contribution in [0.3, 0.4) is 0 Å². The fourth-order valence-electron chi connectivity index (χ4n) is 2.69. The fraction of sp³-hybridized carbons (Fsp3) is 1.00. The van der Waals surface area contributed by atoms with Gasteiger partial charge in [0.15, 0.2) is 0 Å². The molecule has 2 fully saturated rings. The van der Waals surface area contributed by atoms with Gasteiger partial charge in [-0.15, -0.1) is 0 Å². The van der Waals surface area contributed by atoms with Crippen molar-refractivity contribution in [2.45, 2.75) is 31.7 Å². The normalized spacial score (nSPS) is 33.9. The minimum Gasteiger partial charge on any atom is -0.195 e. The Morgan fingerprint density at radius 2 is 1.93 bits per heavy atom. The number of hydrogen-bond donors (Lipinski definition) is 0. The first-order valence-corrected chi connectivity index (χ1v) is 6.62. The van der Waals surface area contributed by atoms with Crippen LogP contribution in [0.25, 0.3) is 0 Å². The van der Waals surface area contributed by atoms with Gasteiger partial charge in [-0.05, 0) is 25.2 Å². The number of hydrogen-bond acceptors (Lipinski definition) is 2. The van der Waals surface area contributed by atoms with E-state index in [0.29, 0.717) is 12.0 Å². The van der Waals surface area contributed by atoms with Gasteiger partial charge in [-0.3, -0.25) is 0 Å². The molecule has 0 spiro atoms. The summed E-state index contributed by atoms with van der Waals surface area (Å²) in [5.74, 6) is 0.629. The first-order valence-electron chi connectivity index (χ1n) is 5.23. The van der Waals surface area contributed by atoms with Crippen molar-refractivity contribution in [3.05, 3.63) is 0 Å². The van der Waals surface area contributed by atoms with Gasteiger partial charge in [0, 0.05) is 26.7 Å². The molecule has 0 radical (unpaired) electrons. The lowest BCUT2D eigenvalue weighted by molar-refractivity contribution is 0.341. The topological polar surface area (TPSA) is 40.6 Å². The van der Waals surface area contributed by atoms with E-state index in [1.807, 2.05) is 0 Å². The molecule has 0 amide bonds. The maximum atomic E-state index is 11.9. The third kappa shape index (κ3) is 1.47. The summed E-state index contributed by atoms with van der Waals surface area (Å²) in [5, 5.41) is 0. The SMILES string of the molecule is CN(C)S(=O)(=O)N1CCC2CCCC21. The van der Waals surface area contributed by atoms with E-state index in [1.54, 1.807) is 18.4 Å². The maximum absolute atomic E-state index is 11.9. The average molecular weight is 218 g/mol. The molecule has 2 atom stereocenters. The minimum atomic E-state index is -3.16. The van der Waals surface area contributed by atoms with E-state index in [0.717, 1.165) is 19.4 Å². The van der Waals surface area contributed by atoms with E-state index in [2.05, 4.69) is 0 Å². The largest absolute Gasteiger partial charge is 0.281 e. The highest BCUT2D eigenvalue weighted by Crippen LogP contribution is 2.39. The summed E-state index contributed by atoms with van der Waals surface area (Å²) in [6.45, 7) is 0.718. The van der Waals surface area contributed by atoms with Crippen LogP contribution in [0.1, 0.15) is 25.7 Å². The smallest absolute Gasteiger partial charge is 0.195 e. The molecule has 14 heavy (non-hydrogen) atoms. The van der Waals surface area contributed by atoms with Gasteiger partial charge in [-0.1, -0.05) is 6.42 Å². The molecule has 0 aromatic heterocycles. The predicted molar refractivity (Wildman–Crippen MR) is 55.1 cm³/mol. The van der Waals surface area contributed by atoms with Crippen molar-refractivity contribution >= 4 is 10.2 Å². The molecule has 1 aliphatic carbocycles. The molecule has 2 unspecified atom stereocenters. The quantitative estimate of drug-likeness (QED) is 0.683. The third-order valence-electron chi connectivity index (χ3n) is 3.47. The highest BCUT2D eigenvalue weighted by Gasteiger charge is 2.43. The Hall–Kier alpha value is -0.130. The Morgan fingerprint density at radius 3 is 2.57 bits per heavy atom. The van der Waals surface area contributed by atoms with Crippen LogP contribution >= 0.6 is 0 Å². The molecule has 4 nitrogen and oxygen atoms in total. The van der Waals surface area contributed by atoms with Gasteiger partial charge in [0.1, 0.15) is 0 Å².